The number of urea groups is 1. The van der Waals surface area contributed by atoms with Crippen molar-refractivity contribution < 1.29 is 13.9 Å². The summed E-state index contributed by atoms with van der Waals surface area (Å²) < 4.78 is 12.1. The molecule has 1 aromatic heterocycles. The fraction of sp³-hybridized carbons (Fsp3) is 0.0714. The summed E-state index contributed by atoms with van der Waals surface area (Å²) in [6.45, 7) is 0. The lowest BCUT2D eigenvalue weighted by Gasteiger charge is -2.16. The average Bonchev–Trinajstić information content (AvgIpc) is 2.82. The van der Waals surface area contributed by atoms with Gasteiger partial charge in [0.05, 0.1) is 7.11 Å². The number of amides is 2. The molecule has 1 heterocycles. The van der Waals surface area contributed by atoms with Gasteiger partial charge in [-0.3, -0.25) is 0 Å². The van der Waals surface area contributed by atoms with Crippen LogP contribution in [-0.4, -0.2) is 13.1 Å². The third kappa shape index (κ3) is 1.85. The molecule has 0 bridgehead atoms. The molecule has 0 saturated carbocycles. The summed E-state index contributed by atoms with van der Waals surface area (Å²) in [7, 11) is 1.52. The van der Waals surface area contributed by atoms with Crippen LogP contribution in [0.15, 0.2) is 40.8 Å². The molecule has 0 aliphatic carbocycles. The molecule has 0 unspecified atom stereocenters. The number of benzene rings is 2. The Balaban J connectivity index is 2.32. The summed E-state index contributed by atoms with van der Waals surface area (Å²) in [5.41, 5.74) is 7.09. The zero-order valence-electron chi connectivity index (χ0n) is 10.7. The fourth-order valence-corrected chi connectivity index (χ4v) is 2.34. The highest BCUT2D eigenvalue weighted by Gasteiger charge is 2.17. The number of nitrogens with zero attached hydrogens (tertiary/aromatic N) is 1. The first-order valence-electron chi connectivity index (χ1n) is 5.89. The minimum atomic E-state index is -0.693. The lowest BCUT2D eigenvalue weighted by Crippen LogP contribution is -2.27. The molecule has 20 heavy (non-hydrogen) atoms. The highest BCUT2D eigenvalue weighted by molar-refractivity contribution is 7.82. The van der Waals surface area contributed by atoms with Gasteiger partial charge in [0.2, 0.25) is 0 Å². The normalized spacial score (nSPS) is 10.9. The van der Waals surface area contributed by atoms with Crippen LogP contribution in [0.5, 0.6) is 5.75 Å². The number of methoxy groups -OCH3 is 1. The van der Waals surface area contributed by atoms with Crippen molar-refractivity contribution in [3.8, 4) is 5.75 Å². The van der Waals surface area contributed by atoms with Crippen molar-refractivity contribution in [2.75, 3.05) is 11.4 Å². The van der Waals surface area contributed by atoms with E-state index in [4.69, 9.17) is 14.9 Å². The average molecular weight is 288 g/mol. The molecule has 0 saturated heterocycles. The van der Waals surface area contributed by atoms with Crippen molar-refractivity contribution in [3.05, 3.63) is 36.4 Å². The Morgan fingerprint density at radius 2 is 2.00 bits per heavy atom. The molecule has 0 aliphatic rings. The zero-order chi connectivity index (χ0) is 14.3. The van der Waals surface area contributed by atoms with Crippen LogP contribution >= 0.6 is 12.8 Å². The first-order valence-corrected chi connectivity index (χ1v) is 6.29. The zero-order valence-corrected chi connectivity index (χ0v) is 11.6. The predicted molar refractivity (Wildman–Crippen MR) is 81.3 cm³/mol. The van der Waals surface area contributed by atoms with Gasteiger partial charge in [0.25, 0.3) is 0 Å². The Hall–Kier alpha value is -2.34. The van der Waals surface area contributed by atoms with Crippen molar-refractivity contribution in [3.63, 3.8) is 0 Å². The summed E-state index contributed by atoms with van der Waals surface area (Å²) in [5, 5.41) is 1.89. The number of primary amides is 1. The van der Waals surface area contributed by atoms with Gasteiger partial charge in [-0.15, -0.1) is 0 Å². The van der Waals surface area contributed by atoms with Gasteiger partial charge in [-0.25, -0.2) is 9.10 Å². The Morgan fingerprint density at radius 3 is 2.70 bits per heavy atom. The predicted octanol–water partition coefficient (Wildman–Crippen LogP) is 3.32. The molecule has 0 radical (unpaired) electrons. The summed E-state index contributed by atoms with van der Waals surface area (Å²) in [5.74, 6) is 0.498. The van der Waals surface area contributed by atoms with Crippen LogP contribution in [0.25, 0.3) is 21.9 Å². The van der Waals surface area contributed by atoms with E-state index < -0.39 is 6.03 Å². The lowest BCUT2D eigenvalue weighted by atomic mass is 10.1. The van der Waals surface area contributed by atoms with E-state index in [1.807, 2.05) is 30.3 Å². The van der Waals surface area contributed by atoms with Gasteiger partial charge >= 0.3 is 6.03 Å². The minimum Gasteiger partial charge on any atom is -0.495 e. The van der Waals surface area contributed by atoms with Crippen LogP contribution in [0.3, 0.4) is 0 Å². The molecule has 3 aromatic rings. The minimum absolute atomic E-state index is 0.440. The molecule has 2 N–H and O–H groups in total. The third-order valence-electron chi connectivity index (χ3n) is 3.12. The molecule has 102 valence electrons. The Kier molecular flexibility index (Phi) is 2.94. The van der Waals surface area contributed by atoms with Crippen molar-refractivity contribution in [1.82, 2.24) is 0 Å². The standard InChI is InChI=1S/C14H12N2O3S/c1-18-13-6-9-8-4-2-3-5-11(8)19-12(9)7-10(13)16(20)14(15)17/h2-7,20H,1H3,(H2,15,17). The number of hydrogen-bond acceptors (Lipinski definition) is 4. The first kappa shape index (κ1) is 12.7. The number of nitrogens with two attached hydrogens (primary N) is 1. The summed E-state index contributed by atoms with van der Waals surface area (Å²) in [6.07, 6.45) is 0. The van der Waals surface area contributed by atoms with E-state index in [0.717, 1.165) is 20.7 Å². The number of ether oxygens (including phenoxy) is 1. The largest absolute Gasteiger partial charge is 0.495 e. The number of carbonyl (C=O) groups is 1. The number of anilines is 1. The van der Waals surface area contributed by atoms with Crippen molar-refractivity contribution in [1.29, 1.82) is 0 Å². The highest BCUT2D eigenvalue weighted by Crippen LogP contribution is 2.38. The maximum absolute atomic E-state index is 11.3. The highest BCUT2D eigenvalue weighted by atomic mass is 32.1. The van der Waals surface area contributed by atoms with E-state index in [9.17, 15) is 4.79 Å². The van der Waals surface area contributed by atoms with E-state index in [-0.39, 0.29) is 0 Å². The summed E-state index contributed by atoms with van der Waals surface area (Å²) in [4.78, 5) is 11.3. The monoisotopic (exact) mass is 288 g/mol. The molecular formula is C14H12N2O3S. The molecular weight excluding hydrogens is 276 g/mol. The fourth-order valence-electron chi connectivity index (χ4n) is 2.19. The number of rotatable bonds is 2. The summed E-state index contributed by atoms with van der Waals surface area (Å²) >= 11 is 4.06. The van der Waals surface area contributed by atoms with E-state index in [0.29, 0.717) is 17.0 Å². The van der Waals surface area contributed by atoms with Gasteiger partial charge in [-0.2, -0.15) is 0 Å². The van der Waals surface area contributed by atoms with Crippen molar-refractivity contribution >= 4 is 46.5 Å². The smallest absolute Gasteiger partial charge is 0.329 e. The van der Waals surface area contributed by atoms with E-state index in [1.54, 1.807) is 6.07 Å². The maximum atomic E-state index is 11.3. The Morgan fingerprint density at radius 1 is 1.25 bits per heavy atom. The van der Waals surface area contributed by atoms with Gasteiger partial charge in [0.1, 0.15) is 22.6 Å². The Bertz CT molecular complexity index is 813. The lowest BCUT2D eigenvalue weighted by molar-refractivity contribution is 0.257. The molecule has 0 fully saturated rings. The molecule has 6 heteroatoms. The number of carbonyl (C=O) groups excluding carboxylic acids is 1. The van der Waals surface area contributed by atoms with Crippen molar-refractivity contribution in [2.45, 2.75) is 0 Å². The quantitative estimate of drug-likeness (QED) is 0.711. The van der Waals surface area contributed by atoms with Gasteiger partial charge in [-0.1, -0.05) is 31.0 Å². The van der Waals surface area contributed by atoms with Crippen LogP contribution in [0.2, 0.25) is 0 Å². The number of thiol groups is 1. The van der Waals surface area contributed by atoms with Crippen molar-refractivity contribution in [2.24, 2.45) is 5.73 Å². The first-order chi connectivity index (χ1) is 9.61. The topological polar surface area (TPSA) is 68.7 Å². The van der Waals surface area contributed by atoms with Gasteiger partial charge < -0.3 is 14.9 Å². The molecule has 2 amide bonds. The molecule has 0 aliphatic heterocycles. The van der Waals surface area contributed by atoms with Gasteiger partial charge in [0, 0.05) is 16.8 Å². The molecule has 3 rings (SSSR count). The Labute approximate surface area is 120 Å². The second kappa shape index (κ2) is 4.64. The van der Waals surface area contributed by atoms with Gasteiger partial charge in [-0.05, 0) is 12.1 Å². The number of fused-ring (bicyclic) bond motifs is 3. The second-order valence-electron chi connectivity index (χ2n) is 4.27. The second-order valence-corrected chi connectivity index (χ2v) is 4.67. The number of para-hydroxylation sites is 1. The number of furan rings is 1. The molecule has 0 atom stereocenters. The van der Waals surface area contributed by atoms with Crippen LogP contribution in [0.1, 0.15) is 0 Å². The third-order valence-corrected chi connectivity index (χ3v) is 3.53. The number of hydrogen-bond donors (Lipinski definition) is 2. The maximum Gasteiger partial charge on any atom is 0.329 e. The summed E-state index contributed by atoms with van der Waals surface area (Å²) in [6, 6.07) is 10.5. The van der Waals surface area contributed by atoms with E-state index in [1.165, 1.54) is 7.11 Å². The van der Waals surface area contributed by atoms with Gasteiger partial charge in [0.15, 0.2) is 0 Å². The molecule has 5 nitrogen and oxygen atoms in total. The van der Waals surface area contributed by atoms with Crippen LogP contribution in [-0.2, 0) is 0 Å². The van der Waals surface area contributed by atoms with E-state index in [2.05, 4.69) is 12.8 Å². The van der Waals surface area contributed by atoms with Crippen LogP contribution < -0.4 is 14.8 Å². The van der Waals surface area contributed by atoms with Crippen LogP contribution in [0.4, 0.5) is 10.5 Å². The van der Waals surface area contributed by atoms with E-state index >= 15 is 0 Å². The molecule has 0 spiro atoms. The molecule has 2 aromatic carbocycles. The SMILES string of the molecule is COc1cc2c(cc1N(S)C(N)=O)oc1ccccc12. The van der Waals surface area contributed by atoms with Crippen LogP contribution in [0, 0.1) is 0 Å².